The van der Waals surface area contributed by atoms with Crippen LogP contribution in [0.5, 0.6) is 0 Å². The van der Waals surface area contributed by atoms with Crippen LogP contribution < -0.4 is 11.1 Å². The van der Waals surface area contributed by atoms with Crippen molar-refractivity contribution < 1.29 is 4.79 Å². The third-order valence-electron chi connectivity index (χ3n) is 2.57. The summed E-state index contributed by atoms with van der Waals surface area (Å²) in [5.74, 6) is -0.199. The molecule has 2 aromatic heterocycles. The average molecular weight is 370 g/mol. The molecule has 0 bridgehead atoms. The van der Waals surface area contributed by atoms with Gasteiger partial charge in [0, 0.05) is 23.2 Å². The van der Waals surface area contributed by atoms with E-state index in [2.05, 4.69) is 26.2 Å². The molecule has 0 radical (unpaired) electrons. The second-order valence-electron chi connectivity index (χ2n) is 4.01. The lowest BCUT2D eigenvalue weighted by Crippen LogP contribution is -2.26. The fourth-order valence-corrected chi connectivity index (χ4v) is 3.15. The summed E-state index contributed by atoms with van der Waals surface area (Å²) in [4.78, 5) is 17.4. The number of aromatic nitrogens is 1. The van der Waals surface area contributed by atoms with Gasteiger partial charge in [-0.2, -0.15) is 0 Å². The van der Waals surface area contributed by atoms with Crippen LogP contribution in [0.2, 0.25) is 0 Å². The Morgan fingerprint density at radius 2 is 2.20 bits per heavy atom. The molecule has 7 heteroatoms. The monoisotopic (exact) mass is 369 g/mol. The summed E-state index contributed by atoms with van der Waals surface area (Å²) in [7, 11) is 0. The number of nitrogens with zero attached hydrogens (tertiary/aromatic N) is 1. The number of pyridine rings is 1. The van der Waals surface area contributed by atoms with Crippen LogP contribution in [0.1, 0.15) is 20.9 Å². The number of thiocarbonyl (C=S) groups is 1. The predicted molar refractivity (Wildman–Crippen MR) is 88.2 cm³/mol. The summed E-state index contributed by atoms with van der Waals surface area (Å²) >= 11 is 9.90. The van der Waals surface area contributed by atoms with E-state index in [1.165, 1.54) is 11.1 Å². The van der Waals surface area contributed by atoms with Crippen LogP contribution in [0.25, 0.3) is 0 Å². The standard InChI is InChI=1S/C13H12BrN3OS2/c14-11-4-2-9(20-11)5-6-16-13(18)10-3-1-8(7-17-10)12(15)19/h1-4,7H,5-6H2,(H2,15,19)(H,16,18). The summed E-state index contributed by atoms with van der Waals surface area (Å²) < 4.78 is 1.09. The van der Waals surface area contributed by atoms with Crippen LogP contribution >= 0.6 is 39.5 Å². The van der Waals surface area contributed by atoms with Crippen molar-refractivity contribution >= 4 is 50.4 Å². The molecule has 2 heterocycles. The fourth-order valence-electron chi connectivity index (χ4n) is 1.55. The quantitative estimate of drug-likeness (QED) is 0.794. The van der Waals surface area contributed by atoms with E-state index >= 15 is 0 Å². The zero-order valence-electron chi connectivity index (χ0n) is 10.4. The van der Waals surface area contributed by atoms with E-state index in [0.717, 1.165) is 10.2 Å². The zero-order valence-corrected chi connectivity index (χ0v) is 13.6. The highest BCUT2D eigenvalue weighted by molar-refractivity contribution is 9.11. The first-order valence-corrected chi connectivity index (χ1v) is 7.86. The number of hydrogen-bond acceptors (Lipinski definition) is 4. The number of nitrogens with one attached hydrogen (secondary N) is 1. The van der Waals surface area contributed by atoms with Crippen LogP contribution in [0, 0.1) is 0 Å². The summed E-state index contributed by atoms with van der Waals surface area (Å²) in [5.41, 5.74) is 6.49. The van der Waals surface area contributed by atoms with Gasteiger partial charge < -0.3 is 11.1 Å². The smallest absolute Gasteiger partial charge is 0.269 e. The number of rotatable bonds is 5. The largest absolute Gasteiger partial charge is 0.389 e. The summed E-state index contributed by atoms with van der Waals surface area (Å²) in [5, 5.41) is 2.83. The van der Waals surface area contributed by atoms with Gasteiger partial charge in [-0.1, -0.05) is 12.2 Å². The van der Waals surface area contributed by atoms with Gasteiger partial charge in [0.1, 0.15) is 10.7 Å². The Kier molecular flexibility index (Phi) is 5.22. The van der Waals surface area contributed by atoms with Crippen molar-refractivity contribution in [1.29, 1.82) is 0 Å². The van der Waals surface area contributed by atoms with Crippen LogP contribution in [-0.2, 0) is 6.42 Å². The first-order chi connectivity index (χ1) is 9.56. The molecule has 0 fully saturated rings. The highest BCUT2D eigenvalue weighted by Crippen LogP contribution is 2.22. The molecule has 0 aliphatic heterocycles. The number of nitrogens with two attached hydrogens (primary N) is 1. The maximum absolute atomic E-state index is 11.9. The first kappa shape index (κ1) is 15.1. The normalized spacial score (nSPS) is 10.2. The van der Waals surface area contributed by atoms with Gasteiger partial charge in [-0.05, 0) is 46.6 Å². The molecule has 20 heavy (non-hydrogen) atoms. The topological polar surface area (TPSA) is 68.0 Å². The molecule has 2 aromatic rings. The summed E-state index contributed by atoms with van der Waals surface area (Å²) in [6.07, 6.45) is 2.31. The molecule has 0 aliphatic rings. The Morgan fingerprint density at radius 1 is 1.40 bits per heavy atom. The number of hydrogen-bond donors (Lipinski definition) is 2. The van der Waals surface area contributed by atoms with Gasteiger partial charge in [0.15, 0.2) is 0 Å². The van der Waals surface area contributed by atoms with Gasteiger partial charge in [-0.25, -0.2) is 0 Å². The van der Waals surface area contributed by atoms with Crippen molar-refractivity contribution in [1.82, 2.24) is 10.3 Å². The molecule has 0 unspecified atom stereocenters. The lowest BCUT2D eigenvalue weighted by molar-refractivity contribution is 0.0949. The molecule has 0 aromatic carbocycles. The van der Waals surface area contributed by atoms with Crippen LogP contribution in [0.4, 0.5) is 0 Å². The van der Waals surface area contributed by atoms with E-state index in [1.807, 2.05) is 12.1 Å². The van der Waals surface area contributed by atoms with Crippen molar-refractivity contribution in [3.63, 3.8) is 0 Å². The molecule has 0 spiro atoms. The van der Waals surface area contributed by atoms with E-state index in [4.69, 9.17) is 18.0 Å². The number of amides is 1. The molecule has 2 rings (SSSR count). The van der Waals surface area contributed by atoms with Crippen molar-refractivity contribution in [2.75, 3.05) is 6.54 Å². The second-order valence-corrected chi connectivity index (χ2v) is 7.00. The van der Waals surface area contributed by atoms with Crippen LogP contribution in [-0.4, -0.2) is 22.4 Å². The minimum absolute atomic E-state index is 0.199. The van der Waals surface area contributed by atoms with Crippen LogP contribution in [0.15, 0.2) is 34.2 Å². The van der Waals surface area contributed by atoms with E-state index in [9.17, 15) is 4.79 Å². The Morgan fingerprint density at radius 3 is 2.75 bits per heavy atom. The minimum atomic E-state index is -0.199. The zero-order chi connectivity index (χ0) is 14.5. The number of carbonyl (C=O) groups is 1. The fraction of sp³-hybridized carbons (Fsp3) is 0.154. The molecule has 4 nitrogen and oxygen atoms in total. The summed E-state index contributed by atoms with van der Waals surface area (Å²) in [6.45, 7) is 0.574. The van der Waals surface area contributed by atoms with Gasteiger partial charge >= 0.3 is 0 Å². The molecule has 0 aliphatic carbocycles. The maximum Gasteiger partial charge on any atom is 0.269 e. The van der Waals surface area contributed by atoms with Crippen molar-refractivity contribution in [2.24, 2.45) is 5.73 Å². The van der Waals surface area contributed by atoms with Crippen molar-refractivity contribution in [3.05, 3.63) is 50.4 Å². The van der Waals surface area contributed by atoms with Gasteiger partial charge in [0.05, 0.1) is 3.79 Å². The summed E-state index contributed by atoms with van der Waals surface area (Å²) in [6, 6.07) is 7.35. The number of halogens is 1. The van der Waals surface area contributed by atoms with Crippen molar-refractivity contribution in [3.8, 4) is 0 Å². The minimum Gasteiger partial charge on any atom is -0.389 e. The van der Waals surface area contributed by atoms with E-state index in [-0.39, 0.29) is 10.9 Å². The first-order valence-electron chi connectivity index (χ1n) is 5.84. The van der Waals surface area contributed by atoms with Gasteiger partial charge in [0.25, 0.3) is 5.91 Å². The highest BCUT2D eigenvalue weighted by Gasteiger charge is 2.07. The van der Waals surface area contributed by atoms with E-state index in [0.29, 0.717) is 17.8 Å². The Balaban J connectivity index is 1.86. The average Bonchev–Trinajstić information content (AvgIpc) is 2.84. The van der Waals surface area contributed by atoms with Gasteiger partial charge in [0.2, 0.25) is 0 Å². The van der Waals surface area contributed by atoms with Crippen molar-refractivity contribution in [2.45, 2.75) is 6.42 Å². The molecule has 0 atom stereocenters. The number of thiophene rings is 1. The molecular weight excluding hydrogens is 358 g/mol. The number of carbonyl (C=O) groups excluding carboxylic acids is 1. The van der Waals surface area contributed by atoms with Gasteiger partial charge in [-0.3, -0.25) is 9.78 Å². The molecule has 3 N–H and O–H groups in total. The molecule has 0 saturated heterocycles. The predicted octanol–water partition coefficient (Wildman–Crippen LogP) is 2.51. The van der Waals surface area contributed by atoms with Crippen LogP contribution in [0.3, 0.4) is 0 Å². The lowest BCUT2D eigenvalue weighted by Gasteiger charge is -2.04. The van der Waals surface area contributed by atoms with E-state index in [1.54, 1.807) is 23.5 Å². The maximum atomic E-state index is 11.9. The molecule has 104 valence electrons. The molecule has 1 amide bonds. The third-order valence-corrected chi connectivity index (χ3v) is 4.49. The Labute approximate surface area is 134 Å². The SMILES string of the molecule is NC(=S)c1ccc(C(=O)NCCc2ccc(Br)s2)nc1. The Bertz CT molecular complexity index is 625. The van der Waals surface area contributed by atoms with E-state index < -0.39 is 0 Å². The Hall–Kier alpha value is -1.31. The second kappa shape index (κ2) is 6.92. The lowest BCUT2D eigenvalue weighted by atomic mass is 10.2. The third kappa shape index (κ3) is 4.09. The molecular formula is C13H12BrN3OS2. The highest BCUT2D eigenvalue weighted by atomic mass is 79.9. The van der Waals surface area contributed by atoms with Gasteiger partial charge in [-0.15, -0.1) is 11.3 Å². The molecule has 0 saturated carbocycles.